The number of aryl methyl sites for hydroxylation is 2. The van der Waals surface area contributed by atoms with Crippen molar-refractivity contribution in [2.75, 3.05) is 26.7 Å². The molecule has 6 heterocycles. The molecule has 0 saturated carbocycles. The first kappa shape index (κ1) is 24.0. The molecule has 4 aromatic heterocycles. The molecule has 1 aromatic carbocycles. The second-order valence-corrected chi connectivity index (χ2v) is 10.9. The standard InChI is InChI=1S/C29H31FN8O/c1-17-15-36-8-9-37(16-26(36)33-17)29(39)20-10-22-23(14-32-28(22)31-13-20)19-11-24(30)27-25(12-19)38(18(2)34-27)21-4-6-35(3)7-5-21/h10-15,21H,4-9,16H2,1-3H3,(H,31,32). The summed E-state index contributed by atoms with van der Waals surface area (Å²) in [5.74, 6) is 1.30. The fraction of sp³-hybridized carbons (Fsp3) is 0.379. The summed E-state index contributed by atoms with van der Waals surface area (Å²) in [5.41, 5.74) is 4.89. The van der Waals surface area contributed by atoms with Gasteiger partial charge in [0.2, 0.25) is 0 Å². The van der Waals surface area contributed by atoms with Crippen LogP contribution >= 0.6 is 0 Å². The van der Waals surface area contributed by atoms with Crippen molar-refractivity contribution < 1.29 is 9.18 Å². The molecule has 0 spiro atoms. The van der Waals surface area contributed by atoms with Crippen molar-refractivity contribution in [3.05, 3.63) is 65.5 Å². The number of H-pyrrole nitrogens is 1. The van der Waals surface area contributed by atoms with Crippen LogP contribution in [-0.2, 0) is 13.1 Å². The van der Waals surface area contributed by atoms with Gasteiger partial charge in [-0.2, -0.15) is 0 Å². The smallest absolute Gasteiger partial charge is 0.255 e. The summed E-state index contributed by atoms with van der Waals surface area (Å²) in [6, 6.07) is 5.72. The number of likely N-dealkylation sites (tertiary alicyclic amines) is 1. The summed E-state index contributed by atoms with van der Waals surface area (Å²) >= 11 is 0. The minimum atomic E-state index is -0.342. The van der Waals surface area contributed by atoms with Crippen molar-refractivity contribution in [1.29, 1.82) is 0 Å². The monoisotopic (exact) mass is 526 g/mol. The number of halogens is 1. The van der Waals surface area contributed by atoms with E-state index in [0.29, 0.717) is 35.9 Å². The van der Waals surface area contributed by atoms with E-state index in [2.05, 4.69) is 41.0 Å². The normalized spacial score (nSPS) is 16.9. The number of aromatic amines is 1. The first-order chi connectivity index (χ1) is 18.9. The number of nitrogens with zero attached hydrogens (tertiary/aromatic N) is 7. The highest BCUT2D eigenvalue weighted by molar-refractivity contribution is 6.01. The average Bonchev–Trinajstić information content (AvgIpc) is 3.61. The average molecular weight is 527 g/mol. The topological polar surface area (TPSA) is 87.9 Å². The third-order valence-electron chi connectivity index (χ3n) is 8.28. The van der Waals surface area contributed by atoms with Crippen LogP contribution in [0.5, 0.6) is 0 Å². The molecule has 39 heavy (non-hydrogen) atoms. The van der Waals surface area contributed by atoms with Gasteiger partial charge >= 0.3 is 0 Å². The number of fused-ring (bicyclic) bond motifs is 3. The second kappa shape index (κ2) is 9.01. The Morgan fingerprint density at radius 3 is 2.72 bits per heavy atom. The summed E-state index contributed by atoms with van der Waals surface area (Å²) in [7, 11) is 2.14. The molecule has 1 saturated heterocycles. The lowest BCUT2D eigenvalue weighted by atomic mass is 10.0. The van der Waals surface area contributed by atoms with Gasteiger partial charge in [0.15, 0.2) is 5.82 Å². The molecule has 2 aliphatic rings. The molecule has 1 amide bonds. The molecule has 10 heteroatoms. The largest absolute Gasteiger partial charge is 0.346 e. The van der Waals surface area contributed by atoms with Gasteiger partial charge in [-0.25, -0.2) is 19.3 Å². The van der Waals surface area contributed by atoms with E-state index >= 15 is 4.39 Å². The molecule has 0 bridgehead atoms. The predicted molar refractivity (Wildman–Crippen MR) is 147 cm³/mol. The quantitative estimate of drug-likeness (QED) is 0.375. The van der Waals surface area contributed by atoms with Gasteiger partial charge in [0, 0.05) is 48.7 Å². The number of carbonyl (C=O) groups is 1. The number of nitrogens with one attached hydrogen (secondary N) is 1. The van der Waals surface area contributed by atoms with Gasteiger partial charge in [0.1, 0.15) is 22.8 Å². The first-order valence-corrected chi connectivity index (χ1v) is 13.5. The fourth-order valence-electron chi connectivity index (χ4n) is 6.25. The molecule has 2 aliphatic heterocycles. The van der Waals surface area contributed by atoms with Crippen LogP contribution in [-0.4, -0.2) is 71.5 Å². The van der Waals surface area contributed by atoms with Crippen LogP contribution in [0.25, 0.3) is 33.2 Å². The van der Waals surface area contributed by atoms with Crippen molar-refractivity contribution in [3.63, 3.8) is 0 Å². The van der Waals surface area contributed by atoms with Gasteiger partial charge in [-0.3, -0.25) is 4.79 Å². The maximum absolute atomic E-state index is 15.5. The van der Waals surface area contributed by atoms with Crippen LogP contribution in [0.15, 0.2) is 36.8 Å². The highest BCUT2D eigenvalue weighted by atomic mass is 19.1. The van der Waals surface area contributed by atoms with E-state index in [1.54, 1.807) is 6.20 Å². The van der Waals surface area contributed by atoms with Crippen LogP contribution in [0, 0.1) is 19.7 Å². The lowest BCUT2D eigenvalue weighted by molar-refractivity contribution is 0.0707. The summed E-state index contributed by atoms with van der Waals surface area (Å²) in [6.07, 6.45) is 7.49. The molecule has 1 fully saturated rings. The van der Waals surface area contributed by atoms with Crippen molar-refractivity contribution in [3.8, 4) is 11.1 Å². The fourth-order valence-corrected chi connectivity index (χ4v) is 6.25. The molecule has 5 aromatic rings. The molecular formula is C29H31FN8O. The van der Waals surface area contributed by atoms with Crippen LogP contribution in [0.2, 0.25) is 0 Å². The first-order valence-electron chi connectivity index (χ1n) is 13.5. The number of rotatable bonds is 3. The number of aromatic nitrogens is 6. The van der Waals surface area contributed by atoms with E-state index in [-0.39, 0.29) is 11.7 Å². The SMILES string of the molecule is Cc1cn2c(n1)CN(C(=O)c1cnc3[nH]cc(-c4cc(F)c5nc(C)n(C6CCN(C)CC6)c5c4)c3c1)CC2. The molecule has 0 aliphatic carbocycles. The summed E-state index contributed by atoms with van der Waals surface area (Å²) in [4.78, 5) is 34.5. The van der Waals surface area contributed by atoms with Gasteiger partial charge in [-0.05, 0) is 70.6 Å². The molecule has 0 unspecified atom stereocenters. The van der Waals surface area contributed by atoms with E-state index < -0.39 is 0 Å². The molecule has 0 radical (unpaired) electrons. The van der Waals surface area contributed by atoms with Crippen LogP contribution in [0.4, 0.5) is 4.39 Å². The Bertz CT molecular complexity index is 1740. The molecular weight excluding hydrogens is 495 g/mol. The van der Waals surface area contributed by atoms with E-state index in [1.807, 2.05) is 43.3 Å². The van der Waals surface area contributed by atoms with Crippen molar-refractivity contribution in [2.24, 2.45) is 0 Å². The molecule has 0 atom stereocenters. The number of carbonyl (C=O) groups excluding carboxylic acids is 1. The Labute approximate surface area is 225 Å². The van der Waals surface area contributed by atoms with Gasteiger partial charge in [0.05, 0.1) is 23.3 Å². The van der Waals surface area contributed by atoms with Crippen LogP contribution in [0.1, 0.15) is 46.6 Å². The van der Waals surface area contributed by atoms with Gasteiger partial charge in [-0.1, -0.05) is 0 Å². The minimum absolute atomic E-state index is 0.0824. The second-order valence-electron chi connectivity index (χ2n) is 10.9. The third-order valence-corrected chi connectivity index (χ3v) is 8.28. The Hall–Kier alpha value is -4.05. The van der Waals surface area contributed by atoms with Crippen LogP contribution in [0.3, 0.4) is 0 Å². The Kier molecular flexibility index (Phi) is 5.55. The number of amides is 1. The van der Waals surface area contributed by atoms with E-state index in [4.69, 9.17) is 0 Å². The zero-order valence-electron chi connectivity index (χ0n) is 22.4. The lowest BCUT2D eigenvalue weighted by Crippen LogP contribution is -2.38. The van der Waals surface area contributed by atoms with E-state index in [1.165, 1.54) is 6.07 Å². The summed E-state index contributed by atoms with van der Waals surface area (Å²) in [5, 5.41) is 0.788. The van der Waals surface area contributed by atoms with E-state index in [9.17, 15) is 4.79 Å². The van der Waals surface area contributed by atoms with Crippen molar-refractivity contribution in [1.82, 2.24) is 38.9 Å². The zero-order chi connectivity index (χ0) is 26.8. The predicted octanol–water partition coefficient (Wildman–Crippen LogP) is 4.45. The Balaban J connectivity index is 1.26. The molecule has 9 nitrogen and oxygen atoms in total. The van der Waals surface area contributed by atoms with E-state index in [0.717, 1.165) is 71.8 Å². The lowest BCUT2D eigenvalue weighted by Gasteiger charge is -2.30. The van der Waals surface area contributed by atoms with Gasteiger partial charge in [0.25, 0.3) is 5.91 Å². The highest BCUT2D eigenvalue weighted by Crippen LogP contribution is 2.35. The van der Waals surface area contributed by atoms with Gasteiger partial charge < -0.3 is 23.9 Å². The number of hydrogen-bond donors (Lipinski definition) is 1. The number of pyridine rings is 1. The Morgan fingerprint density at radius 2 is 1.90 bits per heavy atom. The van der Waals surface area contributed by atoms with Crippen molar-refractivity contribution in [2.45, 2.75) is 45.8 Å². The third kappa shape index (κ3) is 4.01. The number of hydrogen-bond acceptors (Lipinski definition) is 5. The van der Waals surface area contributed by atoms with Gasteiger partial charge in [-0.15, -0.1) is 0 Å². The highest BCUT2D eigenvalue weighted by Gasteiger charge is 2.26. The maximum Gasteiger partial charge on any atom is 0.255 e. The molecule has 200 valence electrons. The molecule has 1 N–H and O–H groups in total. The number of imidazole rings is 2. The Morgan fingerprint density at radius 1 is 1.08 bits per heavy atom. The number of piperidine rings is 1. The van der Waals surface area contributed by atoms with Crippen LogP contribution < -0.4 is 0 Å². The number of benzene rings is 1. The summed E-state index contributed by atoms with van der Waals surface area (Å²) in [6.45, 7) is 7.74. The molecule has 7 rings (SSSR count). The maximum atomic E-state index is 15.5. The summed E-state index contributed by atoms with van der Waals surface area (Å²) < 4.78 is 19.8. The zero-order valence-corrected chi connectivity index (χ0v) is 22.4. The van der Waals surface area contributed by atoms with Crippen molar-refractivity contribution >= 4 is 28.0 Å². The minimum Gasteiger partial charge on any atom is -0.346 e.